The molecule has 2 aliphatic heterocycles. The van der Waals surface area contributed by atoms with E-state index in [9.17, 15) is 4.79 Å². The number of carbonyl (C=O) groups is 1. The molecule has 108 valence electrons. The summed E-state index contributed by atoms with van der Waals surface area (Å²) in [4.78, 5) is 15.9. The molecule has 0 atom stereocenters. The van der Waals surface area contributed by atoms with Gasteiger partial charge in [-0.1, -0.05) is 0 Å². The molecule has 0 saturated carbocycles. The van der Waals surface area contributed by atoms with Crippen LogP contribution in [-0.4, -0.2) is 52.8 Å². The first kappa shape index (κ1) is 14.4. The van der Waals surface area contributed by atoms with Crippen LogP contribution < -0.4 is 5.73 Å². The maximum absolute atomic E-state index is 12.1. The average molecular weight is 285 g/mol. The molecule has 0 aliphatic carbocycles. The number of rotatable bonds is 0. The predicted molar refractivity (Wildman–Crippen MR) is 77.8 cm³/mol. The summed E-state index contributed by atoms with van der Waals surface area (Å²) in [6.07, 6.45) is 1.94. The fourth-order valence-electron chi connectivity index (χ4n) is 2.87. The molecule has 0 aromatic carbocycles. The number of piperidine rings is 1. The van der Waals surface area contributed by atoms with E-state index < -0.39 is 5.60 Å². The van der Waals surface area contributed by atoms with E-state index in [-0.39, 0.29) is 11.5 Å². The summed E-state index contributed by atoms with van der Waals surface area (Å²) >= 11 is 4.97. The molecule has 1 amide bonds. The van der Waals surface area contributed by atoms with Crippen LogP contribution in [0.3, 0.4) is 0 Å². The lowest BCUT2D eigenvalue weighted by atomic mass is 9.73. The minimum absolute atomic E-state index is 0.165. The van der Waals surface area contributed by atoms with Gasteiger partial charge < -0.3 is 20.3 Å². The SMILES string of the molecule is CC(C)(C)OC(=O)N1CCCC2(C1)CN(C(N)=S)C2. The summed E-state index contributed by atoms with van der Waals surface area (Å²) in [5.41, 5.74) is 5.34. The molecule has 0 aromatic heterocycles. The monoisotopic (exact) mass is 285 g/mol. The van der Waals surface area contributed by atoms with Crippen LogP contribution in [0, 0.1) is 5.41 Å². The molecule has 0 unspecified atom stereocenters. The van der Waals surface area contributed by atoms with E-state index in [1.807, 2.05) is 30.6 Å². The number of nitrogens with two attached hydrogens (primary N) is 1. The highest BCUT2D eigenvalue weighted by Crippen LogP contribution is 2.39. The summed E-state index contributed by atoms with van der Waals surface area (Å²) in [6, 6.07) is 0. The van der Waals surface area contributed by atoms with Crippen molar-refractivity contribution < 1.29 is 9.53 Å². The zero-order chi connectivity index (χ0) is 14.3. The maximum Gasteiger partial charge on any atom is 0.410 e. The number of likely N-dealkylation sites (tertiary alicyclic amines) is 2. The van der Waals surface area contributed by atoms with E-state index in [4.69, 9.17) is 22.7 Å². The first-order chi connectivity index (χ1) is 8.71. The largest absolute Gasteiger partial charge is 0.444 e. The zero-order valence-electron chi connectivity index (χ0n) is 11.9. The number of nitrogens with zero attached hydrogens (tertiary/aromatic N) is 2. The Hall–Kier alpha value is -1.04. The van der Waals surface area contributed by atoms with Crippen molar-refractivity contribution in [1.82, 2.24) is 9.80 Å². The molecule has 5 nitrogen and oxygen atoms in total. The predicted octanol–water partition coefficient (Wildman–Crippen LogP) is 1.56. The molecule has 2 fully saturated rings. The second kappa shape index (κ2) is 4.81. The van der Waals surface area contributed by atoms with Gasteiger partial charge in [0.1, 0.15) is 5.60 Å². The maximum atomic E-state index is 12.1. The lowest BCUT2D eigenvalue weighted by Crippen LogP contribution is -2.65. The van der Waals surface area contributed by atoms with Gasteiger partial charge in [-0.05, 0) is 45.8 Å². The van der Waals surface area contributed by atoms with Gasteiger partial charge in [-0.2, -0.15) is 0 Å². The fraction of sp³-hybridized carbons (Fsp3) is 0.846. The number of hydrogen-bond donors (Lipinski definition) is 1. The van der Waals surface area contributed by atoms with E-state index in [0.29, 0.717) is 5.11 Å². The van der Waals surface area contributed by atoms with Crippen molar-refractivity contribution in [3.63, 3.8) is 0 Å². The highest BCUT2D eigenvalue weighted by Gasteiger charge is 2.47. The Morgan fingerprint density at radius 3 is 2.37 bits per heavy atom. The third kappa shape index (κ3) is 3.29. The van der Waals surface area contributed by atoms with Crippen LogP contribution in [0.4, 0.5) is 4.79 Å². The number of amides is 1. The van der Waals surface area contributed by atoms with Crippen LogP contribution >= 0.6 is 12.2 Å². The number of thiocarbonyl (C=S) groups is 1. The molecule has 0 bridgehead atoms. The van der Waals surface area contributed by atoms with E-state index in [2.05, 4.69) is 0 Å². The Kier molecular flexibility index (Phi) is 3.64. The van der Waals surface area contributed by atoms with Crippen LogP contribution in [-0.2, 0) is 4.74 Å². The summed E-state index contributed by atoms with van der Waals surface area (Å²) < 4.78 is 5.44. The summed E-state index contributed by atoms with van der Waals surface area (Å²) in [5, 5.41) is 0.458. The van der Waals surface area contributed by atoms with Crippen molar-refractivity contribution in [2.45, 2.75) is 39.2 Å². The van der Waals surface area contributed by atoms with Crippen molar-refractivity contribution in [3.8, 4) is 0 Å². The first-order valence-corrected chi connectivity index (χ1v) is 7.14. The molecule has 6 heteroatoms. The third-order valence-corrected chi connectivity index (χ3v) is 3.94. The average Bonchev–Trinajstić information content (AvgIpc) is 2.23. The Morgan fingerprint density at radius 1 is 1.26 bits per heavy atom. The smallest absolute Gasteiger partial charge is 0.410 e. The normalized spacial score (nSPS) is 22.1. The molecule has 2 heterocycles. The number of ether oxygens (including phenoxy) is 1. The van der Waals surface area contributed by atoms with E-state index >= 15 is 0 Å². The molecule has 0 aromatic rings. The molecule has 0 radical (unpaired) electrons. The van der Waals surface area contributed by atoms with Crippen LogP contribution in [0.2, 0.25) is 0 Å². The molecule has 1 spiro atoms. The quantitative estimate of drug-likeness (QED) is 0.685. The second-order valence-corrected chi connectivity index (χ2v) is 7.12. The third-order valence-electron chi connectivity index (χ3n) is 3.68. The van der Waals surface area contributed by atoms with Crippen molar-refractivity contribution in [2.24, 2.45) is 11.1 Å². The van der Waals surface area contributed by atoms with Gasteiger partial charge in [0.05, 0.1) is 0 Å². The summed E-state index contributed by atoms with van der Waals surface area (Å²) in [6.45, 7) is 8.93. The van der Waals surface area contributed by atoms with E-state index in [1.54, 1.807) is 0 Å². The van der Waals surface area contributed by atoms with Gasteiger partial charge >= 0.3 is 6.09 Å². The van der Waals surface area contributed by atoms with Crippen LogP contribution in [0.15, 0.2) is 0 Å². The fourth-order valence-corrected chi connectivity index (χ4v) is 3.00. The Morgan fingerprint density at radius 2 is 1.84 bits per heavy atom. The highest BCUT2D eigenvalue weighted by atomic mass is 32.1. The van der Waals surface area contributed by atoms with Crippen LogP contribution in [0.1, 0.15) is 33.6 Å². The Balaban J connectivity index is 1.92. The van der Waals surface area contributed by atoms with Gasteiger partial charge in [0.25, 0.3) is 0 Å². The Bertz CT molecular complexity index is 386. The van der Waals surface area contributed by atoms with Gasteiger partial charge in [0.15, 0.2) is 5.11 Å². The van der Waals surface area contributed by atoms with E-state index in [0.717, 1.165) is 39.0 Å². The highest BCUT2D eigenvalue weighted by molar-refractivity contribution is 7.80. The van der Waals surface area contributed by atoms with Crippen molar-refractivity contribution >= 4 is 23.4 Å². The number of hydrogen-bond acceptors (Lipinski definition) is 3. The molecular weight excluding hydrogens is 262 g/mol. The second-order valence-electron chi connectivity index (χ2n) is 6.70. The molecular formula is C13H23N3O2S. The van der Waals surface area contributed by atoms with Gasteiger partial charge in [-0.3, -0.25) is 0 Å². The number of carbonyl (C=O) groups excluding carboxylic acids is 1. The minimum atomic E-state index is -0.438. The summed E-state index contributed by atoms with van der Waals surface area (Å²) in [7, 11) is 0. The van der Waals surface area contributed by atoms with Gasteiger partial charge in [0, 0.05) is 31.6 Å². The zero-order valence-corrected chi connectivity index (χ0v) is 12.8. The van der Waals surface area contributed by atoms with Gasteiger partial charge in [-0.25, -0.2) is 4.79 Å². The minimum Gasteiger partial charge on any atom is -0.444 e. The van der Waals surface area contributed by atoms with Gasteiger partial charge in [0.2, 0.25) is 0 Å². The Labute approximate surface area is 120 Å². The van der Waals surface area contributed by atoms with Crippen LogP contribution in [0.5, 0.6) is 0 Å². The van der Waals surface area contributed by atoms with Crippen molar-refractivity contribution in [2.75, 3.05) is 26.2 Å². The lowest BCUT2D eigenvalue weighted by Gasteiger charge is -2.54. The van der Waals surface area contributed by atoms with Crippen molar-refractivity contribution in [1.29, 1.82) is 0 Å². The molecule has 2 aliphatic rings. The molecule has 19 heavy (non-hydrogen) atoms. The molecule has 2 rings (SSSR count). The van der Waals surface area contributed by atoms with Crippen LogP contribution in [0.25, 0.3) is 0 Å². The standard InChI is InChI=1S/C13H23N3O2S/c1-12(2,3)18-11(17)15-6-4-5-13(7-15)8-16(9-13)10(14)19/h4-9H2,1-3H3,(H2,14,19). The summed E-state index contributed by atoms with van der Waals surface area (Å²) in [5.74, 6) is 0. The van der Waals surface area contributed by atoms with E-state index in [1.165, 1.54) is 0 Å². The van der Waals surface area contributed by atoms with Gasteiger partial charge in [-0.15, -0.1) is 0 Å². The van der Waals surface area contributed by atoms with Crippen molar-refractivity contribution in [3.05, 3.63) is 0 Å². The topological polar surface area (TPSA) is 58.8 Å². The molecule has 2 N–H and O–H groups in total. The lowest BCUT2D eigenvalue weighted by molar-refractivity contribution is -0.0331. The molecule has 2 saturated heterocycles. The first-order valence-electron chi connectivity index (χ1n) is 6.73.